The second-order valence-corrected chi connectivity index (χ2v) is 6.15. The Hall–Kier alpha value is -3.55. The van der Waals surface area contributed by atoms with Crippen molar-refractivity contribution in [3.63, 3.8) is 0 Å². The van der Waals surface area contributed by atoms with Crippen LogP contribution in [0.25, 0.3) is 0 Å². The number of anilines is 1. The van der Waals surface area contributed by atoms with Gasteiger partial charge in [0.1, 0.15) is 11.6 Å². The molecule has 6 N–H and O–H groups in total. The van der Waals surface area contributed by atoms with Gasteiger partial charge in [0.2, 0.25) is 0 Å². The number of hydrogen-bond acceptors (Lipinski definition) is 6. The number of rotatable bonds is 9. The summed E-state index contributed by atoms with van der Waals surface area (Å²) >= 11 is 0. The van der Waals surface area contributed by atoms with Crippen molar-refractivity contribution >= 4 is 23.4 Å². The van der Waals surface area contributed by atoms with Crippen LogP contribution < -0.4 is 21.5 Å². The van der Waals surface area contributed by atoms with E-state index in [4.69, 9.17) is 26.4 Å². The van der Waals surface area contributed by atoms with Gasteiger partial charge >= 0.3 is 5.97 Å². The zero-order chi connectivity index (χ0) is 20.7. The summed E-state index contributed by atoms with van der Waals surface area (Å²) in [6.07, 6.45) is 0. The second kappa shape index (κ2) is 9.40. The van der Waals surface area contributed by atoms with E-state index in [0.717, 1.165) is 5.56 Å². The van der Waals surface area contributed by atoms with E-state index in [-0.39, 0.29) is 19.0 Å². The van der Waals surface area contributed by atoms with Gasteiger partial charge in [0.25, 0.3) is 5.91 Å². The summed E-state index contributed by atoms with van der Waals surface area (Å²) in [4.78, 5) is 23.5. The molecule has 8 nitrogen and oxygen atoms in total. The first-order valence-corrected chi connectivity index (χ1v) is 8.70. The molecule has 0 bridgehead atoms. The van der Waals surface area contributed by atoms with Crippen molar-refractivity contribution in [3.05, 3.63) is 59.2 Å². The second-order valence-electron chi connectivity index (χ2n) is 6.15. The number of amidine groups is 1. The van der Waals surface area contributed by atoms with Gasteiger partial charge in [-0.25, -0.2) is 4.79 Å². The van der Waals surface area contributed by atoms with Gasteiger partial charge in [-0.3, -0.25) is 10.2 Å². The summed E-state index contributed by atoms with van der Waals surface area (Å²) < 4.78 is 10.6. The molecule has 0 spiro atoms. The van der Waals surface area contributed by atoms with Crippen LogP contribution in [-0.2, 0) is 14.3 Å². The van der Waals surface area contributed by atoms with Crippen LogP contribution >= 0.6 is 0 Å². The lowest BCUT2D eigenvalue weighted by Crippen LogP contribution is -2.24. The van der Waals surface area contributed by atoms with Gasteiger partial charge in [-0.15, -0.1) is 0 Å². The average Bonchev–Trinajstić information content (AvgIpc) is 2.64. The number of primary amides is 1. The number of aryl methyl sites for hydroxylation is 1. The zero-order valence-corrected chi connectivity index (χ0v) is 15.8. The number of hydrogen-bond donors (Lipinski definition) is 4. The Bertz CT molecular complexity index is 865. The number of nitrogens with one attached hydrogen (secondary N) is 2. The van der Waals surface area contributed by atoms with Crippen LogP contribution in [0.15, 0.2) is 42.5 Å². The predicted octanol–water partition coefficient (Wildman–Crippen LogP) is 1.86. The molecule has 2 aromatic carbocycles. The van der Waals surface area contributed by atoms with E-state index >= 15 is 0 Å². The minimum atomic E-state index is -0.793. The van der Waals surface area contributed by atoms with Crippen molar-refractivity contribution in [3.8, 4) is 5.75 Å². The van der Waals surface area contributed by atoms with E-state index < -0.39 is 17.9 Å². The Kier molecular flexibility index (Phi) is 6.97. The fourth-order valence-electron chi connectivity index (χ4n) is 2.60. The molecule has 0 aliphatic rings. The summed E-state index contributed by atoms with van der Waals surface area (Å²) in [7, 11) is 0. The number of ether oxygens (including phenoxy) is 2. The highest BCUT2D eigenvalue weighted by atomic mass is 16.5. The van der Waals surface area contributed by atoms with Gasteiger partial charge in [0.15, 0.2) is 12.6 Å². The van der Waals surface area contributed by atoms with Gasteiger partial charge in [-0.2, -0.15) is 0 Å². The highest BCUT2D eigenvalue weighted by Crippen LogP contribution is 2.26. The first-order chi connectivity index (χ1) is 13.3. The fraction of sp³-hybridized carbons (Fsp3) is 0.250. The third-order valence-electron chi connectivity index (χ3n) is 3.82. The molecule has 0 radical (unpaired) electrons. The molecule has 0 fully saturated rings. The Labute approximate surface area is 163 Å². The molecule has 148 valence electrons. The van der Waals surface area contributed by atoms with Crippen LogP contribution in [0.1, 0.15) is 29.7 Å². The monoisotopic (exact) mass is 384 g/mol. The molecule has 1 unspecified atom stereocenters. The van der Waals surface area contributed by atoms with Crippen LogP contribution in [0.2, 0.25) is 0 Å². The summed E-state index contributed by atoms with van der Waals surface area (Å²) in [5, 5.41) is 10.6. The number of carbonyl (C=O) groups excluding carboxylic acids is 2. The number of amides is 1. The van der Waals surface area contributed by atoms with Gasteiger partial charge in [-0.05, 0) is 61.4 Å². The SMILES string of the molecule is CCOC(=O)C(Nc1ccc(C(=N)N)cc1)c1cc(C)cc(OCC(N)=O)c1. The van der Waals surface area contributed by atoms with Crippen molar-refractivity contribution in [1.82, 2.24) is 0 Å². The Balaban J connectivity index is 2.33. The summed E-state index contributed by atoms with van der Waals surface area (Å²) in [6, 6.07) is 11.3. The predicted molar refractivity (Wildman–Crippen MR) is 106 cm³/mol. The van der Waals surface area contributed by atoms with E-state index in [1.54, 1.807) is 43.3 Å². The molecule has 0 aliphatic heterocycles. The largest absolute Gasteiger partial charge is 0.484 e. The quantitative estimate of drug-likeness (QED) is 0.295. The lowest BCUT2D eigenvalue weighted by molar-refractivity contribution is -0.144. The Morgan fingerprint density at radius 1 is 1.14 bits per heavy atom. The number of benzene rings is 2. The maximum atomic E-state index is 12.6. The van der Waals surface area contributed by atoms with E-state index in [9.17, 15) is 9.59 Å². The van der Waals surface area contributed by atoms with Gasteiger partial charge in [-0.1, -0.05) is 6.07 Å². The summed E-state index contributed by atoms with van der Waals surface area (Å²) in [6.45, 7) is 3.56. The molecule has 0 saturated carbocycles. The zero-order valence-electron chi connectivity index (χ0n) is 15.8. The van der Waals surface area contributed by atoms with Crippen LogP contribution in [0.4, 0.5) is 5.69 Å². The molecule has 0 aliphatic carbocycles. The van der Waals surface area contributed by atoms with E-state index in [0.29, 0.717) is 22.6 Å². The average molecular weight is 384 g/mol. The Morgan fingerprint density at radius 3 is 2.39 bits per heavy atom. The molecule has 8 heteroatoms. The molecule has 1 atom stereocenters. The minimum Gasteiger partial charge on any atom is -0.484 e. The van der Waals surface area contributed by atoms with Crippen LogP contribution in [0.3, 0.4) is 0 Å². The smallest absolute Gasteiger partial charge is 0.333 e. The normalized spacial score (nSPS) is 11.4. The first kappa shape index (κ1) is 20.8. The molecule has 1 amide bonds. The molecule has 2 rings (SSSR count). The van der Waals surface area contributed by atoms with Crippen LogP contribution in [-0.4, -0.2) is 30.9 Å². The maximum absolute atomic E-state index is 12.6. The van der Waals surface area contributed by atoms with E-state index in [2.05, 4.69) is 5.32 Å². The third kappa shape index (κ3) is 5.73. The van der Waals surface area contributed by atoms with Crippen LogP contribution in [0, 0.1) is 12.3 Å². The molecule has 28 heavy (non-hydrogen) atoms. The number of esters is 1. The van der Waals surface area contributed by atoms with Gasteiger partial charge in [0, 0.05) is 11.3 Å². The molecule has 0 aromatic heterocycles. The van der Waals surface area contributed by atoms with Crippen molar-refractivity contribution < 1.29 is 19.1 Å². The molecule has 0 heterocycles. The van der Waals surface area contributed by atoms with Crippen molar-refractivity contribution in [2.45, 2.75) is 19.9 Å². The fourth-order valence-corrected chi connectivity index (χ4v) is 2.60. The third-order valence-corrected chi connectivity index (χ3v) is 3.82. The first-order valence-electron chi connectivity index (χ1n) is 8.70. The lowest BCUT2D eigenvalue weighted by Gasteiger charge is -2.20. The molecular formula is C20H24N4O4. The lowest BCUT2D eigenvalue weighted by atomic mass is 10.0. The minimum absolute atomic E-state index is 0.0385. The molecule has 0 saturated heterocycles. The van der Waals surface area contributed by atoms with E-state index in [1.165, 1.54) is 0 Å². The molecular weight excluding hydrogens is 360 g/mol. The summed E-state index contributed by atoms with van der Waals surface area (Å²) in [5.41, 5.74) is 13.3. The van der Waals surface area contributed by atoms with Crippen LogP contribution in [0.5, 0.6) is 5.75 Å². The standard InChI is InChI=1S/C20H24N4O4/c1-3-27-20(26)18(24-15-6-4-13(5-7-15)19(22)23)14-8-12(2)9-16(10-14)28-11-17(21)25/h4-10,18,24H,3,11H2,1-2H3,(H2,21,25)(H3,22,23). The number of nitrogens with two attached hydrogens (primary N) is 2. The van der Waals surface area contributed by atoms with Crippen molar-refractivity contribution in [2.75, 3.05) is 18.5 Å². The van der Waals surface area contributed by atoms with Crippen molar-refractivity contribution in [2.24, 2.45) is 11.5 Å². The number of carbonyl (C=O) groups is 2. The molecule has 2 aromatic rings. The topological polar surface area (TPSA) is 141 Å². The Morgan fingerprint density at radius 2 is 1.82 bits per heavy atom. The number of nitrogen functional groups attached to an aromatic ring is 1. The maximum Gasteiger partial charge on any atom is 0.333 e. The highest BCUT2D eigenvalue weighted by Gasteiger charge is 2.23. The van der Waals surface area contributed by atoms with Gasteiger partial charge < -0.3 is 26.3 Å². The highest BCUT2D eigenvalue weighted by molar-refractivity contribution is 5.95. The summed E-state index contributed by atoms with van der Waals surface area (Å²) in [5.74, 6) is -0.654. The van der Waals surface area contributed by atoms with Crippen molar-refractivity contribution in [1.29, 1.82) is 5.41 Å². The van der Waals surface area contributed by atoms with E-state index in [1.807, 2.05) is 13.0 Å². The van der Waals surface area contributed by atoms with Gasteiger partial charge in [0.05, 0.1) is 6.61 Å².